The van der Waals surface area contributed by atoms with Crippen molar-refractivity contribution in [2.75, 3.05) is 19.4 Å². The molecule has 1 aliphatic rings. The molecule has 1 heterocycles. The van der Waals surface area contributed by atoms with Crippen LogP contribution >= 0.6 is 11.8 Å². The maximum Gasteiger partial charge on any atom is 0.247 e. The molecule has 0 aliphatic carbocycles. The number of rotatable bonds is 5. The molecule has 0 bridgehead atoms. The van der Waals surface area contributed by atoms with Gasteiger partial charge in [0.2, 0.25) is 5.91 Å². The minimum atomic E-state index is 0.107. The van der Waals surface area contributed by atoms with Crippen LogP contribution in [-0.2, 0) is 4.79 Å². The Morgan fingerprint density at radius 3 is 2.85 bits per heavy atom. The van der Waals surface area contributed by atoms with Gasteiger partial charge in [0.15, 0.2) is 0 Å². The van der Waals surface area contributed by atoms with Crippen LogP contribution in [0.15, 0.2) is 35.7 Å². The number of hydrogen-bond donors (Lipinski definition) is 0. The number of benzene rings is 1. The SMILES string of the molecule is CCOc1ccc(C2CCCN2C(=O)C=CSC)cc1. The van der Waals surface area contributed by atoms with Crippen molar-refractivity contribution >= 4 is 17.7 Å². The fourth-order valence-electron chi connectivity index (χ4n) is 2.55. The van der Waals surface area contributed by atoms with Gasteiger partial charge in [0.1, 0.15) is 5.75 Å². The zero-order valence-corrected chi connectivity index (χ0v) is 12.9. The third-order valence-corrected chi connectivity index (χ3v) is 3.87. The van der Waals surface area contributed by atoms with E-state index in [9.17, 15) is 4.79 Å². The summed E-state index contributed by atoms with van der Waals surface area (Å²) in [4.78, 5) is 14.1. The molecule has 3 nitrogen and oxygen atoms in total. The van der Waals surface area contributed by atoms with E-state index in [4.69, 9.17) is 4.74 Å². The van der Waals surface area contributed by atoms with Crippen molar-refractivity contribution < 1.29 is 9.53 Å². The van der Waals surface area contributed by atoms with Crippen molar-refractivity contribution in [1.29, 1.82) is 0 Å². The van der Waals surface area contributed by atoms with Crippen LogP contribution in [-0.4, -0.2) is 30.2 Å². The van der Waals surface area contributed by atoms with Crippen LogP contribution in [0, 0.1) is 0 Å². The van der Waals surface area contributed by atoms with E-state index in [1.54, 1.807) is 17.8 Å². The Hall–Kier alpha value is -1.42. The molecule has 4 heteroatoms. The van der Waals surface area contributed by atoms with E-state index in [-0.39, 0.29) is 11.9 Å². The molecule has 1 amide bonds. The van der Waals surface area contributed by atoms with Gasteiger partial charge >= 0.3 is 0 Å². The number of ether oxygens (including phenoxy) is 1. The standard InChI is InChI=1S/C16H21NO2S/c1-3-19-14-8-6-13(7-9-14)15-5-4-11-17(15)16(18)10-12-20-2/h6-10,12,15H,3-5,11H2,1-2H3. The van der Waals surface area contributed by atoms with Crippen molar-refractivity contribution in [2.45, 2.75) is 25.8 Å². The fraction of sp³-hybridized carbons (Fsp3) is 0.438. The van der Waals surface area contributed by atoms with Gasteiger partial charge in [0, 0.05) is 12.6 Å². The smallest absolute Gasteiger partial charge is 0.247 e. The summed E-state index contributed by atoms with van der Waals surface area (Å²) in [7, 11) is 0. The van der Waals surface area contributed by atoms with Crippen LogP contribution in [0.3, 0.4) is 0 Å². The zero-order valence-electron chi connectivity index (χ0n) is 12.0. The largest absolute Gasteiger partial charge is 0.494 e. The number of amides is 1. The fourth-order valence-corrected chi connectivity index (χ4v) is 2.80. The van der Waals surface area contributed by atoms with Gasteiger partial charge in [0.05, 0.1) is 12.6 Å². The summed E-state index contributed by atoms with van der Waals surface area (Å²) in [5.74, 6) is 0.991. The summed E-state index contributed by atoms with van der Waals surface area (Å²) in [6.45, 7) is 3.49. The topological polar surface area (TPSA) is 29.5 Å². The van der Waals surface area contributed by atoms with Crippen LogP contribution in [0.4, 0.5) is 0 Å². The van der Waals surface area contributed by atoms with E-state index in [0.29, 0.717) is 6.61 Å². The molecule has 1 atom stereocenters. The normalized spacial score (nSPS) is 18.7. The number of carbonyl (C=O) groups is 1. The van der Waals surface area contributed by atoms with E-state index in [1.165, 1.54) is 5.56 Å². The van der Waals surface area contributed by atoms with E-state index in [2.05, 4.69) is 12.1 Å². The maximum absolute atomic E-state index is 12.2. The highest BCUT2D eigenvalue weighted by molar-refractivity contribution is 8.01. The van der Waals surface area contributed by atoms with Crippen LogP contribution in [0.25, 0.3) is 0 Å². The Balaban J connectivity index is 2.10. The minimum absolute atomic E-state index is 0.107. The first-order valence-corrected chi connectivity index (χ1v) is 8.27. The Morgan fingerprint density at radius 2 is 2.20 bits per heavy atom. The molecule has 0 N–H and O–H groups in total. The molecule has 1 unspecified atom stereocenters. The average Bonchev–Trinajstić information content (AvgIpc) is 2.95. The quantitative estimate of drug-likeness (QED) is 0.776. The highest BCUT2D eigenvalue weighted by Crippen LogP contribution is 2.33. The second-order valence-electron chi connectivity index (χ2n) is 4.73. The first-order chi connectivity index (χ1) is 9.76. The minimum Gasteiger partial charge on any atom is -0.494 e. The van der Waals surface area contributed by atoms with Crippen molar-refractivity contribution in [1.82, 2.24) is 4.90 Å². The molecule has 1 fully saturated rings. The summed E-state index contributed by atoms with van der Waals surface area (Å²) >= 11 is 1.55. The van der Waals surface area contributed by atoms with Crippen molar-refractivity contribution in [3.8, 4) is 5.75 Å². The zero-order chi connectivity index (χ0) is 14.4. The predicted molar refractivity (Wildman–Crippen MR) is 84.0 cm³/mol. The highest BCUT2D eigenvalue weighted by Gasteiger charge is 2.28. The second kappa shape index (κ2) is 7.39. The second-order valence-corrected chi connectivity index (χ2v) is 5.47. The highest BCUT2D eigenvalue weighted by atomic mass is 32.2. The molecule has 1 aromatic carbocycles. The van der Waals surface area contributed by atoms with Gasteiger partial charge in [-0.2, -0.15) is 0 Å². The summed E-state index contributed by atoms with van der Waals surface area (Å²) < 4.78 is 5.46. The molecule has 0 radical (unpaired) electrons. The molecular formula is C16H21NO2S. The van der Waals surface area contributed by atoms with Crippen molar-refractivity contribution in [3.63, 3.8) is 0 Å². The van der Waals surface area contributed by atoms with E-state index >= 15 is 0 Å². The van der Waals surface area contributed by atoms with Crippen LogP contribution < -0.4 is 4.74 Å². The molecule has 0 spiro atoms. The lowest BCUT2D eigenvalue weighted by Crippen LogP contribution is -2.28. The number of nitrogens with zero attached hydrogens (tertiary/aromatic N) is 1. The molecule has 2 rings (SSSR count). The Kier molecular flexibility index (Phi) is 5.53. The molecule has 1 saturated heterocycles. The summed E-state index contributed by atoms with van der Waals surface area (Å²) in [6.07, 6.45) is 5.72. The molecule has 20 heavy (non-hydrogen) atoms. The van der Waals surface area contributed by atoms with Gasteiger partial charge in [-0.05, 0) is 49.1 Å². The summed E-state index contributed by atoms with van der Waals surface area (Å²) in [5, 5.41) is 1.84. The van der Waals surface area contributed by atoms with Gasteiger partial charge in [-0.15, -0.1) is 11.8 Å². The maximum atomic E-state index is 12.2. The molecule has 108 valence electrons. The third kappa shape index (κ3) is 3.57. The Labute approximate surface area is 125 Å². The van der Waals surface area contributed by atoms with Gasteiger partial charge in [-0.25, -0.2) is 0 Å². The average molecular weight is 291 g/mol. The lowest BCUT2D eigenvalue weighted by atomic mass is 10.0. The predicted octanol–water partition coefficient (Wildman–Crippen LogP) is 3.63. The lowest BCUT2D eigenvalue weighted by Gasteiger charge is -2.24. The van der Waals surface area contributed by atoms with E-state index in [0.717, 1.165) is 25.1 Å². The van der Waals surface area contributed by atoms with Crippen LogP contribution in [0.5, 0.6) is 5.75 Å². The van der Waals surface area contributed by atoms with E-state index < -0.39 is 0 Å². The first-order valence-electron chi connectivity index (χ1n) is 6.99. The molecule has 1 aromatic rings. The monoisotopic (exact) mass is 291 g/mol. The van der Waals surface area contributed by atoms with Crippen LogP contribution in [0.2, 0.25) is 0 Å². The number of thioether (sulfide) groups is 1. The van der Waals surface area contributed by atoms with E-state index in [1.807, 2.05) is 35.6 Å². The molecular weight excluding hydrogens is 270 g/mol. The van der Waals surface area contributed by atoms with Gasteiger partial charge in [0.25, 0.3) is 0 Å². The van der Waals surface area contributed by atoms with Gasteiger partial charge < -0.3 is 9.64 Å². The Bertz CT molecular complexity index is 470. The molecule has 0 saturated carbocycles. The summed E-state index contributed by atoms with van der Waals surface area (Å²) in [5.41, 5.74) is 1.19. The molecule has 0 aromatic heterocycles. The Morgan fingerprint density at radius 1 is 1.45 bits per heavy atom. The van der Waals surface area contributed by atoms with Crippen molar-refractivity contribution in [2.24, 2.45) is 0 Å². The van der Waals surface area contributed by atoms with Crippen molar-refractivity contribution in [3.05, 3.63) is 41.3 Å². The van der Waals surface area contributed by atoms with Crippen LogP contribution in [0.1, 0.15) is 31.4 Å². The van der Waals surface area contributed by atoms with Gasteiger partial charge in [-0.1, -0.05) is 12.1 Å². The lowest BCUT2D eigenvalue weighted by molar-refractivity contribution is -0.126. The number of likely N-dealkylation sites (tertiary alicyclic amines) is 1. The molecule has 1 aliphatic heterocycles. The third-order valence-electron chi connectivity index (χ3n) is 3.46. The van der Waals surface area contributed by atoms with Gasteiger partial charge in [-0.3, -0.25) is 4.79 Å². The first kappa shape index (κ1) is 15.0. The summed E-state index contributed by atoms with van der Waals surface area (Å²) in [6, 6.07) is 8.30. The number of carbonyl (C=O) groups excluding carboxylic acids is 1. The number of hydrogen-bond acceptors (Lipinski definition) is 3.